The molecule has 0 aliphatic heterocycles. The van der Waals surface area contributed by atoms with Crippen LogP contribution in [0.25, 0.3) is 0 Å². The van der Waals surface area contributed by atoms with E-state index in [0.29, 0.717) is 0 Å². The fraction of sp³-hybridized carbons (Fsp3) is 0.250. The highest BCUT2D eigenvalue weighted by Gasteiger charge is 2.08. The van der Waals surface area contributed by atoms with Crippen molar-refractivity contribution in [1.82, 2.24) is 4.98 Å². The number of halogens is 1. The number of hydrogen-bond acceptors (Lipinski definition) is 2. The number of rotatable bonds is 2. The molecule has 0 unspecified atom stereocenters. The van der Waals surface area contributed by atoms with Crippen LogP contribution in [0.4, 0.5) is 4.39 Å². The molecule has 0 saturated heterocycles. The lowest BCUT2D eigenvalue weighted by Gasteiger charge is -1.96. The molecule has 0 aliphatic carbocycles. The van der Waals surface area contributed by atoms with Crippen molar-refractivity contribution in [3.05, 3.63) is 29.8 Å². The van der Waals surface area contributed by atoms with Gasteiger partial charge in [0, 0.05) is 12.6 Å². The van der Waals surface area contributed by atoms with Crippen molar-refractivity contribution < 1.29 is 9.18 Å². The van der Waals surface area contributed by atoms with Gasteiger partial charge in [-0.05, 0) is 12.1 Å². The van der Waals surface area contributed by atoms with Crippen LogP contribution in [0.1, 0.15) is 23.8 Å². The summed E-state index contributed by atoms with van der Waals surface area (Å²) in [7, 11) is 0. The zero-order chi connectivity index (χ0) is 8.27. The molecule has 0 radical (unpaired) electrons. The molecule has 0 aromatic carbocycles. The second-order valence-electron chi connectivity index (χ2n) is 2.11. The van der Waals surface area contributed by atoms with Crippen molar-refractivity contribution in [2.24, 2.45) is 0 Å². The lowest BCUT2D eigenvalue weighted by molar-refractivity contribution is 0.0979. The van der Waals surface area contributed by atoms with Gasteiger partial charge in [0.1, 0.15) is 5.69 Å². The minimum Gasteiger partial charge on any atom is -0.292 e. The summed E-state index contributed by atoms with van der Waals surface area (Å²) >= 11 is 0. The molecule has 0 atom stereocenters. The zero-order valence-corrected chi connectivity index (χ0v) is 6.17. The van der Waals surface area contributed by atoms with Crippen molar-refractivity contribution >= 4 is 5.78 Å². The van der Waals surface area contributed by atoms with E-state index in [1.165, 1.54) is 18.3 Å². The van der Waals surface area contributed by atoms with E-state index in [2.05, 4.69) is 4.98 Å². The summed E-state index contributed by atoms with van der Waals surface area (Å²) in [6.45, 7) is 1.68. The first-order chi connectivity index (χ1) is 5.25. The van der Waals surface area contributed by atoms with Crippen molar-refractivity contribution in [3.63, 3.8) is 0 Å². The van der Waals surface area contributed by atoms with Crippen LogP contribution in [0.3, 0.4) is 0 Å². The Labute approximate surface area is 64.1 Å². The second-order valence-corrected chi connectivity index (χ2v) is 2.11. The first-order valence-electron chi connectivity index (χ1n) is 3.39. The molecular formula is C8H8FNO. The summed E-state index contributed by atoms with van der Waals surface area (Å²) in [6.07, 6.45) is 1.69. The number of carbonyl (C=O) groups is 1. The molecule has 0 bridgehead atoms. The normalized spacial score (nSPS) is 9.64. The second kappa shape index (κ2) is 3.23. The van der Waals surface area contributed by atoms with E-state index < -0.39 is 5.82 Å². The van der Waals surface area contributed by atoms with E-state index in [1.807, 2.05) is 0 Å². The molecule has 0 saturated carbocycles. The van der Waals surface area contributed by atoms with Gasteiger partial charge in [0.15, 0.2) is 11.6 Å². The maximum atomic E-state index is 12.7. The van der Waals surface area contributed by atoms with Gasteiger partial charge in [-0.15, -0.1) is 0 Å². The average molecular weight is 153 g/mol. The Kier molecular flexibility index (Phi) is 2.31. The van der Waals surface area contributed by atoms with Gasteiger partial charge < -0.3 is 0 Å². The van der Waals surface area contributed by atoms with Crippen LogP contribution in [0.2, 0.25) is 0 Å². The molecule has 0 amide bonds. The van der Waals surface area contributed by atoms with Gasteiger partial charge in [0.25, 0.3) is 0 Å². The van der Waals surface area contributed by atoms with Gasteiger partial charge in [0.05, 0.1) is 0 Å². The van der Waals surface area contributed by atoms with E-state index in [9.17, 15) is 9.18 Å². The topological polar surface area (TPSA) is 30.0 Å². The highest BCUT2D eigenvalue weighted by atomic mass is 19.1. The highest BCUT2D eigenvalue weighted by molar-refractivity contribution is 5.94. The van der Waals surface area contributed by atoms with Gasteiger partial charge in [-0.1, -0.05) is 6.92 Å². The van der Waals surface area contributed by atoms with Crippen LogP contribution in [0.5, 0.6) is 0 Å². The van der Waals surface area contributed by atoms with Crippen LogP contribution >= 0.6 is 0 Å². The molecule has 1 aromatic rings. The maximum Gasteiger partial charge on any atom is 0.183 e. The summed E-state index contributed by atoms with van der Waals surface area (Å²) < 4.78 is 12.7. The minimum absolute atomic E-state index is 0.0602. The van der Waals surface area contributed by atoms with E-state index in [1.54, 1.807) is 6.92 Å². The van der Waals surface area contributed by atoms with Crippen LogP contribution in [0.15, 0.2) is 18.3 Å². The number of carbonyl (C=O) groups excluding carboxylic acids is 1. The predicted octanol–water partition coefficient (Wildman–Crippen LogP) is 1.81. The van der Waals surface area contributed by atoms with E-state index in [0.717, 1.165) is 0 Å². The molecule has 0 aliphatic rings. The monoisotopic (exact) mass is 153 g/mol. The third-order valence-electron chi connectivity index (χ3n) is 1.34. The minimum atomic E-state index is -0.542. The number of aromatic nitrogens is 1. The highest BCUT2D eigenvalue weighted by Crippen LogP contribution is 2.04. The largest absolute Gasteiger partial charge is 0.292 e. The molecule has 1 heterocycles. The molecule has 0 spiro atoms. The molecular weight excluding hydrogens is 145 g/mol. The number of ketones is 1. The van der Waals surface area contributed by atoms with E-state index in [-0.39, 0.29) is 17.9 Å². The quantitative estimate of drug-likeness (QED) is 0.606. The Morgan fingerprint density at radius 3 is 3.00 bits per heavy atom. The van der Waals surface area contributed by atoms with Crippen LogP contribution in [-0.4, -0.2) is 10.8 Å². The molecule has 2 nitrogen and oxygen atoms in total. The van der Waals surface area contributed by atoms with Gasteiger partial charge >= 0.3 is 0 Å². The summed E-state index contributed by atoms with van der Waals surface area (Å²) in [5.41, 5.74) is -0.0602. The summed E-state index contributed by atoms with van der Waals surface area (Å²) in [5.74, 6) is -0.803. The van der Waals surface area contributed by atoms with Gasteiger partial charge in [-0.25, -0.2) is 4.39 Å². The van der Waals surface area contributed by atoms with Crippen molar-refractivity contribution in [3.8, 4) is 0 Å². The van der Waals surface area contributed by atoms with Gasteiger partial charge in [0.2, 0.25) is 0 Å². The standard InChI is InChI=1S/C8H8FNO/c1-2-7(11)8-6(9)4-3-5-10-8/h3-5H,2H2,1H3. The van der Waals surface area contributed by atoms with Crippen LogP contribution in [-0.2, 0) is 0 Å². The van der Waals surface area contributed by atoms with Crippen LogP contribution < -0.4 is 0 Å². The molecule has 3 heteroatoms. The van der Waals surface area contributed by atoms with Crippen molar-refractivity contribution in [2.75, 3.05) is 0 Å². The van der Waals surface area contributed by atoms with E-state index >= 15 is 0 Å². The number of pyridine rings is 1. The number of hydrogen-bond donors (Lipinski definition) is 0. The summed E-state index contributed by atoms with van der Waals surface area (Å²) in [5, 5.41) is 0. The Bertz CT molecular complexity index is 273. The maximum absolute atomic E-state index is 12.7. The lowest BCUT2D eigenvalue weighted by Crippen LogP contribution is -2.02. The fourth-order valence-electron chi connectivity index (χ4n) is 0.758. The van der Waals surface area contributed by atoms with Gasteiger partial charge in [-0.3, -0.25) is 9.78 Å². The molecule has 0 fully saturated rings. The number of nitrogens with zero attached hydrogens (tertiary/aromatic N) is 1. The predicted molar refractivity (Wildman–Crippen MR) is 38.8 cm³/mol. The smallest absolute Gasteiger partial charge is 0.183 e. The molecule has 1 aromatic heterocycles. The Morgan fingerprint density at radius 1 is 1.73 bits per heavy atom. The third kappa shape index (κ3) is 1.61. The third-order valence-corrected chi connectivity index (χ3v) is 1.34. The average Bonchev–Trinajstić information content (AvgIpc) is 2.04. The molecule has 1 rings (SSSR count). The summed E-state index contributed by atoms with van der Waals surface area (Å²) in [4.78, 5) is 14.6. The Balaban J connectivity index is 3.03. The Hall–Kier alpha value is -1.25. The van der Waals surface area contributed by atoms with Crippen LogP contribution in [0, 0.1) is 5.82 Å². The first kappa shape index (κ1) is 7.85. The van der Waals surface area contributed by atoms with Crippen molar-refractivity contribution in [2.45, 2.75) is 13.3 Å². The zero-order valence-electron chi connectivity index (χ0n) is 6.17. The number of Topliss-reactive ketones (excluding diaryl/α,β-unsaturated/α-hetero) is 1. The van der Waals surface area contributed by atoms with Gasteiger partial charge in [-0.2, -0.15) is 0 Å². The fourth-order valence-corrected chi connectivity index (χ4v) is 0.758. The van der Waals surface area contributed by atoms with Crippen molar-refractivity contribution in [1.29, 1.82) is 0 Å². The first-order valence-corrected chi connectivity index (χ1v) is 3.39. The molecule has 0 N–H and O–H groups in total. The SMILES string of the molecule is CCC(=O)c1ncccc1F. The molecule has 11 heavy (non-hydrogen) atoms. The summed E-state index contributed by atoms with van der Waals surface area (Å²) in [6, 6.07) is 2.69. The lowest BCUT2D eigenvalue weighted by atomic mass is 10.2. The molecule has 58 valence electrons. The Morgan fingerprint density at radius 2 is 2.45 bits per heavy atom. The van der Waals surface area contributed by atoms with E-state index in [4.69, 9.17) is 0 Å².